The quantitative estimate of drug-likeness (QED) is 0.565. The zero-order valence-electron chi connectivity index (χ0n) is 7.90. The third-order valence-electron chi connectivity index (χ3n) is 2.07. The predicted molar refractivity (Wildman–Crippen MR) is 48.5 cm³/mol. The normalized spacial score (nSPS) is 14.0. The lowest BCUT2D eigenvalue weighted by Gasteiger charge is -2.18. The number of nitrogens with two attached hydrogens (primary N) is 2. The zero-order valence-corrected chi connectivity index (χ0v) is 7.90. The molecule has 0 aliphatic rings. The van der Waals surface area contributed by atoms with Crippen molar-refractivity contribution in [2.45, 2.75) is 19.1 Å². The third-order valence-corrected chi connectivity index (χ3v) is 2.07. The minimum atomic E-state index is -4.59. The number of aryl methyl sites for hydroxylation is 1. The minimum absolute atomic E-state index is 0.189. The molecule has 0 bridgehead atoms. The highest BCUT2D eigenvalue weighted by molar-refractivity contribution is 5.47. The van der Waals surface area contributed by atoms with E-state index in [1.165, 1.54) is 6.92 Å². The van der Waals surface area contributed by atoms with Gasteiger partial charge >= 0.3 is 6.18 Å². The maximum Gasteiger partial charge on any atom is 0.407 e. The van der Waals surface area contributed by atoms with Crippen molar-refractivity contribution in [2.24, 2.45) is 5.73 Å². The Hall–Kier alpha value is -1.30. The fourth-order valence-electron chi connectivity index (χ4n) is 1.23. The summed E-state index contributed by atoms with van der Waals surface area (Å²) in [4.78, 5) is 0. The van der Waals surface area contributed by atoms with Gasteiger partial charge < -0.3 is 11.5 Å². The fourth-order valence-corrected chi connectivity index (χ4v) is 1.23. The molecule has 0 aliphatic heterocycles. The van der Waals surface area contributed by atoms with Crippen LogP contribution in [0, 0.1) is 12.7 Å². The summed E-state index contributed by atoms with van der Waals surface area (Å²) in [7, 11) is 0. The Balaban J connectivity index is 3.21. The van der Waals surface area contributed by atoms with Crippen molar-refractivity contribution < 1.29 is 17.6 Å². The largest absolute Gasteiger partial charge is 0.407 e. The van der Waals surface area contributed by atoms with Crippen molar-refractivity contribution in [1.29, 1.82) is 0 Å². The molecule has 0 fully saturated rings. The van der Waals surface area contributed by atoms with Gasteiger partial charge in [-0.1, -0.05) is 0 Å². The molecule has 0 saturated heterocycles. The molecule has 0 amide bonds. The molecule has 0 aliphatic carbocycles. The van der Waals surface area contributed by atoms with Crippen molar-refractivity contribution in [2.75, 3.05) is 5.73 Å². The number of alkyl halides is 3. The molecule has 15 heavy (non-hydrogen) atoms. The molecule has 6 heteroatoms. The molecule has 1 aromatic rings. The van der Waals surface area contributed by atoms with Crippen molar-refractivity contribution in [3.63, 3.8) is 0 Å². The molecule has 0 aromatic heterocycles. The summed E-state index contributed by atoms with van der Waals surface area (Å²) in [5.41, 5.74) is 9.90. The number of hydrogen-bond acceptors (Lipinski definition) is 2. The number of anilines is 1. The van der Waals surface area contributed by atoms with Crippen LogP contribution < -0.4 is 11.5 Å². The monoisotopic (exact) mass is 222 g/mol. The van der Waals surface area contributed by atoms with E-state index in [0.717, 1.165) is 12.1 Å². The standard InChI is InChI=1S/C9H10F4N2/c1-4-2-7(14)6(10)3-5(4)8(15)9(11,12)13/h2-3,8H,14-15H2,1H3/t8-/m0/s1. The van der Waals surface area contributed by atoms with Crippen molar-refractivity contribution in [3.05, 3.63) is 29.1 Å². The van der Waals surface area contributed by atoms with Crippen molar-refractivity contribution in [1.82, 2.24) is 0 Å². The molecule has 0 radical (unpaired) electrons. The number of nitrogen functional groups attached to an aromatic ring is 1. The van der Waals surface area contributed by atoms with Gasteiger partial charge in [-0.25, -0.2) is 4.39 Å². The van der Waals surface area contributed by atoms with E-state index in [2.05, 4.69) is 0 Å². The van der Waals surface area contributed by atoms with E-state index in [4.69, 9.17) is 11.5 Å². The highest BCUT2D eigenvalue weighted by atomic mass is 19.4. The van der Waals surface area contributed by atoms with E-state index >= 15 is 0 Å². The first-order valence-corrected chi connectivity index (χ1v) is 4.11. The van der Waals surface area contributed by atoms with Crippen LogP contribution in [0.15, 0.2) is 12.1 Å². The first-order valence-electron chi connectivity index (χ1n) is 4.11. The van der Waals surface area contributed by atoms with E-state index in [9.17, 15) is 17.6 Å². The highest BCUT2D eigenvalue weighted by Gasteiger charge is 2.38. The van der Waals surface area contributed by atoms with E-state index in [-0.39, 0.29) is 16.8 Å². The van der Waals surface area contributed by atoms with Crippen LogP contribution in [-0.2, 0) is 0 Å². The van der Waals surface area contributed by atoms with E-state index < -0.39 is 18.0 Å². The van der Waals surface area contributed by atoms with Gasteiger partial charge in [0.2, 0.25) is 0 Å². The van der Waals surface area contributed by atoms with Gasteiger partial charge in [0.25, 0.3) is 0 Å². The second-order valence-corrected chi connectivity index (χ2v) is 3.25. The van der Waals surface area contributed by atoms with Crippen LogP contribution in [0.25, 0.3) is 0 Å². The first-order chi connectivity index (χ1) is 6.73. The van der Waals surface area contributed by atoms with Crippen LogP contribution in [0.4, 0.5) is 23.2 Å². The number of halogens is 4. The van der Waals surface area contributed by atoms with E-state index in [1.807, 2.05) is 0 Å². The molecule has 0 spiro atoms. The number of hydrogen-bond donors (Lipinski definition) is 2. The fraction of sp³-hybridized carbons (Fsp3) is 0.333. The van der Waals surface area contributed by atoms with Crippen molar-refractivity contribution >= 4 is 5.69 Å². The Morgan fingerprint density at radius 3 is 2.27 bits per heavy atom. The number of rotatable bonds is 1. The Labute approximate surface area is 83.9 Å². The molecule has 1 rings (SSSR count). The topological polar surface area (TPSA) is 52.0 Å². The van der Waals surface area contributed by atoms with Gasteiger partial charge in [-0.3, -0.25) is 0 Å². The Bertz CT molecular complexity index is 373. The van der Waals surface area contributed by atoms with Gasteiger partial charge in [0.1, 0.15) is 11.9 Å². The SMILES string of the molecule is Cc1cc(N)c(F)cc1[C@H](N)C(F)(F)F. The minimum Gasteiger partial charge on any atom is -0.396 e. The summed E-state index contributed by atoms with van der Waals surface area (Å²) in [6.07, 6.45) is -4.59. The molecule has 2 nitrogen and oxygen atoms in total. The lowest BCUT2D eigenvalue weighted by Crippen LogP contribution is -2.29. The van der Waals surface area contributed by atoms with Gasteiger partial charge in [0.15, 0.2) is 0 Å². The average molecular weight is 222 g/mol. The average Bonchev–Trinajstić information content (AvgIpc) is 2.08. The molecule has 84 valence electrons. The maximum absolute atomic E-state index is 13.0. The summed E-state index contributed by atoms with van der Waals surface area (Å²) in [5.74, 6) is -0.893. The van der Waals surface area contributed by atoms with Gasteiger partial charge in [0, 0.05) is 0 Å². The van der Waals surface area contributed by atoms with Crippen LogP contribution in [0.5, 0.6) is 0 Å². The lowest BCUT2D eigenvalue weighted by molar-refractivity contribution is -0.149. The van der Waals surface area contributed by atoms with Gasteiger partial charge in [-0.15, -0.1) is 0 Å². The highest BCUT2D eigenvalue weighted by Crippen LogP contribution is 2.33. The Kier molecular flexibility index (Phi) is 2.90. The van der Waals surface area contributed by atoms with Crippen molar-refractivity contribution in [3.8, 4) is 0 Å². The van der Waals surface area contributed by atoms with Crippen LogP contribution in [0.3, 0.4) is 0 Å². The van der Waals surface area contributed by atoms with Gasteiger partial charge in [-0.05, 0) is 30.2 Å². The number of benzene rings is 1. The van der Waals surface area contributed by atoms with Gasteiger partial charge in [0.05, 0.1) is 5.69 Å². The summed E-state index contributed by atoms with van der Waals surface area (Å²) in [6.45, 7) is 1.40. The molecule has 0 unspecified atom stereocenters. The Morgan fingerprint density at radius 1 is 1.27 bits per heavy atom. The van der Waals surface area contributed by atoms with E-state index in [1.54, 1.807) is 0 Å². The molecule has 0 heterocycles. The van der Waals surface area contributed by atoms with Crippen LogP contribution in [-0.4, -0.2) is 6.18 Å². The second kappa shape index (κ2) is 3.69. The maximum atomic E-state index is 13.0. The smallest absolute Gasteiger partial charge is 0.396 e. The lowest BCUT2D eigenvalue weighted by atomic mass is 10.0. The molecular weight excluding hydrogens is 212 g/mol. The molecule has 1 atom stereocenters. The first kappa shape index (κ1) is 11.8. The predicted octanol–water partition coefficient (Wildman–Crippen LogP) is 2.28. The van der Waals surface area contributed by atoms with Crippen LogP contribution in [0.1, 0.15) is 17.2 Å². The summed E-state index contributed by atoms with van der Waals surface area (Å²) >= 11 is 0. The second-order valence-electron chi connectivity index (χ2n) is 3.25. The molecular formula is C9H10F4N2. The third kappa shape index (κ3) is 2.38. The van der Waals surface area contributed by atoms with Gasteiger partial charge in [-0.2, -0.15) is 13.2 Å². The van der Waals surface area contributed by atoms with Crippen LogP contribution in [0.2, 0.25) is 0 Å². The Morgan fingerprint density at radius 2 is 1.80 bits per heavy atom. The molecule has 1 aromatic carbocycles. The van der Waals surface area contributed by atoms with Crippen LogP contribution >= 0.6 is 0 Å². The summed E-state index contributed by atoms with van der Waals surface area (Å²) < 4.78 is 49.8. The molecule has 4 N–H and O–H groups in total. The summed E-state index contributed by atoms with van der Waals surface area (Å²) in [5, 5.41) is 0. The zero-order chi connectivity index (χ0) is 11.8. The summed E-state index contributed by atoms with van der Waals surface area (Å²) in [6, 6.07) is -0.327. The molecule has 0 saturated carbocycles. The van der Waals surface area contributed by atoms with E-state index in [0.29, 0.717) is 0 Å².